The van der Waals surface area contributed by atoms with Gasteiger partial charge in [0.25, 0.3) is 0 Å². The summed E-state index contributed by atoms with van der Waals surface area (Å²) in [5, 5.41) is 3.85. The normalized spacial score (nSPS) is 12.4. The number of para-hydroxylation sites is 1. The van der Waals surface area contributed by atoms with Gasteiger partial charge < -0.3 is 15.0 Å². The number of benzene rings is 1. The average molecular weight is 278 g/mol. The standard InChI is InChI=1S/C15H19FN2O2/c1-9(17)7-12-5-4-6-14(16)15(12)19-8-13-10(2)18-20-11(13)3/h4-6,9H,7-8,17H2,1-3H3. The van der Waals surface area contributed by atoms with Crippen molar-refractivity contribution >= 4 is 0 Å². The van der Waals surface area contributed by atoms with Gasteiger partial charge in [-0.15, -0.1) is 0 Å². The van der Waals surface area contributed by atoms with E-state index in [1.165, 1.54) is 6.07 Å². The average Bonchev–Trinajstić information content (AvgIpc) is 2.68. The zero-order valence-electron chi connectivity index (χ0n) is 11.9. The lowest BCUT2D eigenvalue weighted by atomic mass is 10.1. The number of rotatable bonds is 5. The van der Waals surface area contributed by atoms with Crippen LogP contribution in [0.1, 0.15) is 29.5 Å². The Morgan fingerprint density at radius 1 is 1.40 bits per heavy atom. The van der Waals surface area contributed by atoms with Gasteiger partial charge in [0.05, 0.1) is 11.3 Å². The Bertz CT molecular complexity index is 574. The second-order valence-electron chi connectivity index (χ2n) is 5.00. The summed E-state index contributed by atoms with van der Waals surface area (Å²) in [6.07, 6.45) is 0.564. The van der Waals surface area contributed by atoms with Crippen LogP contribution in [0.4, 0.5) is 4.39 Å². The lowest BCUT2D eigenvalue weighted by molar-refractivity contribution is 0.283. The molecule has 1 aromatic carbocycles. The van der Waals surface area contributed by atoms with Gasteiger partial charge in [0, 0.05) is 6.04 Å². The van der Waals surface area contributed by atoms with E-state index in [4.69, 9.17) is 15.0 Å². The number of hydrogen-bond donors (Lipinski definition) is 1. The molecule has 2 rings (SSSR count). The molecule has 2 N–H and O–H groups in total. The molecule has 0 radical (unpaired) electrons. The molecule has 5 heteroatoms. The fourth-order valence-electron chi connectivity index (χ4n) is 2.08. The van der Waals surface area contributed by atoms with Crippen molar-refractivity contribution in [3.05, 3.63) is 46.6 Å². The van der Waals surface area contributed by atoms with Crippen molar-refractivity contribution in [1.82, 2.24) is 5.16 Å². The molecule has 20 heavy (non-hydrogen) atoms. The van der Waals surface area contributed by atoms with E-state index in [-0.39, 0.29) is 24.2 Å². The van der Waals surface area contributed by atoms with Gasteiger partial charge >= 0.3 is 0 Å². The van der Waals surface area contributed by atoms with Crippen LogP contribution in [0.2, 0.25) is 0 Å². The van der Waals surface area contributed by atoms with Gasteiger partial charge in [-0.2, -0.15) is 0 Å². The molecule has 0 aliphatic carbocycles. The van der Waals surface area contributed by atoms with Gasteiger partial charge in [-0.25, -0.2) is 4.39 Å². The lowest BCUT2D eigenvalue weighted by Crippen LogP contribution is -2.18. The van der Waals surface area contributed by atoms with Crippen molar-refractivity contribution in [2.24, 2.45) is 5.73 Å². The molecule has 0 fully saturated rings. The summed E-state index contributed by atoms with van der Waals surface area (Å²) in [7, 11) is 0. The van der Waals surface area contributed by atoms with Crippen LogP contribution in [-0.4, -0.2) is 11.2 Å². The molecular formula is C15H19FN2O2. The summed E-state index contributed by atoms with van der Waals surface area (Å²) in [5.74, 6) is 0.562. The van der Waals surface area contributed by atoms with E-state index in [0.717, 1.165) is 16.8 Å². The fourth-order valence-corrected chi connectivity index (χ4v) is 2.08. The molecule has 0 spiro atoms. The molecule has 4 nitrogen and oxygen atoms in total. The Morgan fingerprint density at radius 3 is 2.75 bits per heavy atom. The SMILES string of the molecule is Cc1noc(C)c1COc1c(F)cccc1CC(C)N. The topological polar surface area (TPSA) is 61.3 Å². The lowest BCUT2D eigenvalue weighted by Gasteiger charge is -2.13. The third-order valence-electron chi connectivity index (χ3n) is 3.13. The smallest absolute Gasteiger partial charge is 0.165 e. The van der Waals surface area contributed by atoms with Crippen molar-refractivity contribution in [1.29, 1.82) is 0 Å². The highest BCUT2D eigenvalue weighted by molar-refractivity contribution is 5.36. The predicted molar refractivity (Wildman–Crippen MR) is 74.1 cm³/mol. The fraction of sp³-hybridized carbons (Fsp3) is 0.400. The number of aryl methyl sites for hydroxylation is 2. The maximum Gasteiger partial charge on any atom is 0.165 e. The zero-order chi connectivity index (χ0) is 14.7. The van der Waals surface area contributed by atoms with E-state index < -0.39 is 0 Å². The molecule has 1 aromatic heterocycles. The maximum absolute atomic E-state index is 13.9. The largest absolute Gasteiger partial charge is 0.485 e. The number of hydrogen-bond acceptors (Lipinski definition) is 4. The molecule has 2 aromatic rings. The second-order valence-corrected chi connectivity index (χ2v) is 5.00. The van der Waals surface area contributed by atoms with Crippen LogP contribution in [0.3, 0.4) is 0 Å². The van der Waals surface area contributed by atoms with E-state index in [0.29, 0.717) is 12.2 Å². The van der Waals surface area contributed by atoms with E-state index >= 15 is 0 Å². The van der Waals surface area contributed by atoms with Crippen LogP contribution in [0, 0.1) is 19.7 Å². The highest BCUT2D eigenvalue weighted by Gasteiger charge is 2.14. The minimum Gasteiger partial charge on any atom is -0.485 e. The number of nitrogens with zero attached hydrogens (tertiary/aromatic N) is 1. The molecule has 1 heterocycles. The molecule has 0 amide bonds. The number of halogens is 1. The molecule has 0 bridgehead atoms. The summed E-state index contributed by atoms with van der Waals surface area (Å²) in [6.45, 7) is 5.75. The summed E-state index contributed by atoms with van der Waals surface area (Å²) in [4.78, 5) is 0. The van der Waals surface area contributed by atoms with Crippen LogP contribution in [0.15, 0.2) is 22.7 Å². The Labute approximate surface area is 117 Å². The molecule has 1 atom stereocenters. The number of ether oxygens (including phenoxy) is 1. The Morgan fingerprint density at radius 2 is 2.15 bits per heavy atom. The minimum absolute atomic E-state index is 0.0572. The maximum atomic E-state index is 13.9. The third-order valence-corrected chi connectivity index (χ3v) is 3.13. The first-order valence-electron chi connectivity index (χ1n) is 6.56. The van der Waals surface area contributed by atoms with E-state index in [2.05, 4.69) is 5.16 Å². The van der Waals surface area contributed by atoms with Crippen LogP contribution in [-0.2, 0) is 13.0 Å². The first-order chi connectivity index (χ1) is 9.49. The Balaban J connectivity index is 2.20. The van der Waals surface area contributed by atoms with Crippen molar-refractivity contribution in [3.63, 3.8) is 0 Å². The van der Waals surface area contributed by atoms with Crippen molar-refractivity contribution in [2.45, 2.75) is 39.8 Å². The Kier molecular flexibility index (Phi) is 4.39. The molecular weight excluding hydrogens is 259 g/mol. The highest BCUT2D eigenvalue weighted by Crippen LogP contribution is 2.25. The monoisotopic (exact) mass is 278 g/mol. The van der Waals surface area contributed by atoms with Crippen LogP contribution >= 0.6 is 0 Å². The highest BCUT2D eigenvalue weighted by atomic mass is 19.1. The molecule has 0 saturated carbocycles. The van der Waals surface area contributed by atoms with Gasteiger partial charge in [-0.3, -0.25) is 0 Å². The predicted octanol–water partition coefficient (Wildman–Crippen LogP) is 2.90. The van der Waals surface area contributed by atoms with E-state index in [1.54, 1.807) is 6.07 Å². The van der Waals surface area contributed by atoms with Gasteiger partial charge in [0.1, 0.15) is 12.4 Å². The third kappa shape index (κ3) is 3.17. The number of aromatic nitrogens is 1. The minimum atomic E-state index is -0.380. The second kappa shape index (κ2) is 6.05. The number of nitrogens with two attached hydrogens (primary N) is 1. The van der Waals surface area contributed by atoms with Gasteiger partial charge in [-0.1, -0.05) is 17.3 Å². The summed E-state index contributed by atoms with van der Waals surface area (Å²) in [5.41, 5.74) is 8.15. The quantitative estimate of drug-likeness (QED) is 0.913. The first kappa shape index (κ1) is 14.5. The first-order valence-corrected chi connectivity index (χ1v) is 6.56. The summed E-state index contributed by atoms with van der Waals surface area (Å²) < 4.78 is 24.6. The van der Waals surface area contributed by atoms with Crippen molar-refractivity contribution in [2.75, 3.05) is 0 Å². The van der Waals surface area contributed by atoms with Crippen LogP contribution < -0.4 is 10.5 Å². The van der Waals surface area contributed by atoms with Gasteiger partial charge in [0.15, 0.2) is 11.6 Å². The van der Waals surface area contributed by atoms with Gasteiger partial charge in [0.2, 0.25) is 0 Å². The summed E-state index contributed by atoms with van der Waals surface area (Å²) in [6, 6.07) is 4.82. The molecule has 1 unspecified atom stereocenters. The van der Waals surface area contributed by atoms with Crippen LogP contribution in [0.25, 0.3) is 0 Å². The van der Waals surface area contributed by atoms with Crippen molar-refractivity contribution < 1.29 is 13.7 Å². The molecule has 0 saturated heterocycles. The van der Waals surface area contributed by atoms with Gasteiger partial charge in [-0.05, 0) is 38.8 Å². The summed E-state index contributed by atoms with van der Waals surface area (Å²) >= 11 is 0. The molecule has 108 valence electrons. The Hall–Kier alpha value is -1.88. The molecule has 0 aliphatic heterocycles. The van der Waals surface area contributed by atoms with Crippen molar-refractivity contribution in [3.8, 4) is 5.75 Å². The van der Waals surface area contributed by atoms with Crippen LogP contribution in [0.5, 0.6) is 5.75 Å². The van der Waals surface area contributed by atoms with E-state index in [9.17, 15) is 4.39 Å². The zero-order valence-corrected chi connectivity index (χ0v) is 11.9. The van der Waals surface area contributed by atoms with E-state index in [1.807, 2.05) is 26.8 Å². The molecule has 0 aliphatic rings.